The summed E-state index contributed by atoms with van der Waals surface area (Å²) in [5.41, 5.74) is 18.4. The molecule has 2 aromatic carbocycles. The molecule has 11 N–H and O–H groups in total. The van der Waals surface area contributed by atoms with E-state index >= 15 is 0 Å². The zero-order valence-corrected chi connectivity index (χ0v) is 24.9. The van der Waals surface area contributed by atoms with Crippen LogP contribution in [0.15, 0.2) is 59.6 Å². The lowest BCUT2D eigenvalue weighted by atomic mass is 10.0. The maximum absolute atomic E-state index is 13.5. The molecule has 0 heterocycles. The standard InChI is InChI=1S/C29H41N7O6S/c1-43-15-13-23(28(41)42)35-27(40)24(17-18-6-3-2-4-7-18)36-26(39)22(8-5-14-33-29(31)32)34-25(38)21(30)16-19-9-11-20(37)12-10-19/h2-4,6-7,9-12,21-24,37H,5,8,13-17,30H2,1H3,(H,34,38)(H,35,40)(H,36,39)(H,41,42)(H4,31,32,33). The van der Waals surface area contributed by atoms with Gasteiger partial charge in [-0.25, -0.2) is 4.79 Å². The van der Waals surface area contributed by atoms with Gasteiger partial charge in [-0.1, -0.05) is 42.5 Å². The average molecular weight is 616 g/mol. The number of amides is 3. The predicted octanol–water partition coefficient (Wildman–Crippen LogP) is -0.150. The molecule has 2 rings (SSSR count). The summed E-state index contributed by atoms with van der Waals surface area (Å²) in [6.07, 6.45) is 2.73. The number of aliphatic carboxylic acids is 1. The number of benzene rings is 2. The van der Waals surface area contributed by atoms with Crippen LogP contribution in [0.1, 0.15) is 30.4 Å². The van der Waals surface area contributed by atoms with Gasteiger partial charge in [0.2, 0.25) is 17.7 Å². The van der Waals surface area contributed by atoms with Gasteiger partial charge in [0, 0.05) is 13.0 Å². The smallest absolute Gasteiger partial charge is 0.326 e. The lowest BCUT2D eigenvalue weighted by Crippen LogP contribution is -2.57. The van der Waals surface area contributed by atoms with Crippen molar-refractivity contribution in [2.75, 3.05) is 18.6 Å². The Hall–Kier alpha value is -4.30. The molecule has 3 amide bonds. The third kappa shape index (κ3) is 13.0. The third-order valence-electron chi connectivity index (χ3n) is 6.45. The number of guanidine groups is 1. The molecule has 234 valence electrons. The van der Waals surface area contributed by atoms with E-state index in [4.69, 9.17) is 17.2 Å². The maximum atomic E-state index is 13.5. The molecule has 0 aliphatic carbocycles. The van der Waals surface area contributed by atoms with Gasteiger partial charge in [-0.15, -0.1) is 0 Å². The first-order valence-electron chi connectivity index (χ1n) is 13.8. The second-order valence-electron chi connectivity index (χ2n) is 9.92. The van der Waals surface area contributed by atoms with Gasteiger partial charge in [0.05, 0.1) is 6.04 Å². The van der Waals surface area contributed by atoms with Gasteiger partial charge in [0.1, 0.15) is 23.9 Å². The number of carbonyl (C=O) groups is 4. The molecule has 0 fully saturated rings. The molecule has 0 spiro atoms. The number of rotatable bonds is 18. The van der Waals surface area contributed by atoms with Crippen LogP contribution in [0.25, 0.3) is 0 Å². The predicted molar refractivity (Wildman–Crippen MR) is 166 cm³/mol. The number of carbonyl (C=O) groups excluding carboxylic acids is 3. The molecular weight excluding hydrogens is 574 g/mol. The third-order valence-corrected chi connectivity index (χ3v) is 7.09. The summed E-state index contributed by atoms with van der Waals surface area (Å²) in [7, 11) is 0. The van der Waals surface area contributed by atoms with Crippen LogP contribution in [-0.2, 0) is 32.0 Å². The van der Waals surface area contributed by atoms with Gasteiger partial charge in [-0.2, -0.15) is 11.8 Å². The number of nitrogens with one attached hydrogen (secondary N) is 3. The molecule has 4 atom stereocenters. The van der Waals surface area contributed by atoms with E-state index < -0.39 is 47.9 Å². The van der Waals surface area contributed by atoms with Crippen molar-refractivity contribution in [2.45, 2.75) is 56.3 Å². The molecule has 0 saturated heterocycles. The number of hydrogen-bond donors (Lipinski definition) is 8. The van der Waals surface area contributed by atoms with Crippen molar-refractivity contribution in [1.82, 2.24) is 16.0 Å². The molecule has 0 aliphatic rings. The number of carboxylic acids is 1. The number of aromatic hydroxyl groups is 1. The fraction of sp³-hybridized carbons (Fsp3) is 0.414. The van der Waals surface area contributed by atoms with Crippen LogP contribution >= 0.6 is 11.8 Å². The molecule has 14 heteroatoms. The summed E-state index contributed by atoms with van der Waals surface area (Å²) in [4.78, 5) is 55.6. The van der Waals surface area contributed by atoms with Crippen molar-refractivity contribution in [1.29, 1.82) is 0 Å². The maximum Gasteiger partial charge on any atom is 0.326 e. The second-order valence-corrected chi connectivity index (χ2v) is 10.9. The van der Waals surface area contributed by atoms with E-state index in [1.807, 2.05) is 12.3 Å². The van der Waals surface area contributed by atoms with Crippen LogP contribution in [0.4, 0.5) is 0 Å². The summed E-state index contributed by atoms with van der Waals surface area (Å²) in [5.74, 6) is -2.62. The van der Waals surface area contributed by atoms with Crippen molar-refractivity contribution in [3.8, 4) is 5.75 Å². The zero-order valence-electron chi connectivity index (χ0n) is 24.1. The van der Waals surface area contributed by atoms with Crippen molar-refractivity contribution in [2.24, 2.45) is 22.2 Å². The highest BCUT2D eigenvalue weighted by molar-refractivity contribution is 7.98. The van der Waals surface area contributed by atoms with Crippen molar-refractivity contribution >= 4 is 41.4 Å². The molecule has 0 saturated carbocycles. The van der Waals surface area contributed by atoms with E-state index in [1.165, 1.54) is 23.9 Å². The number of phenolic OH excluding ortho intramolecular Hbond substituents is 1. The fourth-order valence-electron chi connectivity index (χ4n) is 4.13. The van der Waals surface area contributed by atoms with E-state index in [-0.39, 0.29) is 43.9 Å². The van der Waals surface area contributed by atoms with Crippen LogP contribution < -0.4 is 33.2 Å². The minimum absolute atomic E-state index is 0.0762. The lowest BCUT2D eigenvalue weighted by Gasteiger charge is -2.25. The number of nitrogens with zero attached hydrogens (tertiary/aromatic N) is 1. The first kappa shape index (κ1) is 34.9. The normalized spacial score (nSPS) is 13.5. The van der Waals surface area contributed by atoms with Crippen LogP contribution in [0.2, 0.25) is 0 Å². The summed E-state index contributed by atoms with van der Waals surface area (Å²) in [6, 6.07) is 10.8. The summed E-state index contributed by atoms with van der Waals surface area (Å²) < 4.78 is 0. The highest BCUT2D eigenvalue weighted by Gasteiger charge is 2.30. The van der Waals surface area contributed by atoms with E-state index in [2.05, 4.69) is 20.9 Å². The van der Waals surface area contributed by atoms with E-state index in [0.717, 1.165) is 5.56 Å². The largest absolute Gasteiger partial charge is 0.508 e. The van der Waals surface area contributed by atoms with Crippen LogP contribution in [0.3, 0.4) is 0 Å². The van der Waals surface area contributed by atoms with Gasteiger partial charge in [-0.3, -0.25) is 19.4 Å². The Labute approximate surface area is 255 Å². The Balaban J connectivity index is 2.23. The fourth-order valence-corrected chi connectivity index (χ4v) is 4.60. The van der Waals surface area contributed by atoms with Crippen molar-refractivity contribution in [3.63, 3.8) is 0 Å². The van der Waals surface area contributed by atoms with Gasteiger partial charge >= 0.3 is 5.97 Å². The first-order valence-corrected chi connectivity index (χ1v) is 15.1. The van der Waals surface area contributed by atoms with E-state index in [9.17, 15) is 29.4 Å². The monoisotopic (exact) mass is 615 g/mol. The number of hydrogen-bond acceptors (Lipinski definition) is 8. The van der Waals surface area contributed by atoms with E-state index in [1.54, 1.807) is 36.4 Å². The van der Waals surface area contributed by atoms with Crippen molar-refractivity contribution < 1.29 is 29.4 Å². The summed E-state index contributed by atoms with van der Waals surface area (Å²) in [6.45, 7) is 0.200. The molecule has 0 aliphatic heterocycles. The Bertz CT molecular complexity index is 1230. The van der Waals surface area contributed by atoms with Crippen LogP contribution in [-0.4, -0.2) is 82.6 Å². The van der Waals surface area contributed by atoms with Gasteiger partial charge in [0.25, 0.3) is 0 Å². The second kappa shape index (κ2) is 18.3. The Morgan fingerprint density at radius 1 is 0.814 bits per heavy atom. The van der Waals surface area contributed by atoms with Crippen LogP contribution in [0, 0.1) is 0 Å². The summed E-state index contributed by atoms with van der Waals surface area (Å²) in [5, 5.41) is 27.0. The molecule has 0 radical (unpaired) electrons. The number of aliphatic imine (C=N–C) groups is 1. The zero-order chi connectivity index (χ0) is 31.8. The highest BCUT2D eigenvalue weighted by atomic mass is 32.2. The minimum Gasteiger partial charge on any atom is -0.508 e. The molecule has 0 aromatic heterocycles. The number of carboxylic acid groups (broad SMARTS) is 1. The Morgan fingerprint density at radius 2 is 1.40 bits per heavy atom. The number of thioether (sulfide) groups is 1. The molecule has 13 nitrogen and oxygen atoms in total. The van der Waals surface area contributed by atoms with E-state index in [0.29, 0.717) is 17.7 Å². The average Bonchev–Trinajstić information content (AvgIpc) is 2.97. The molecule has 0 bridgehead atoms. The van der Waals surface area contributed by atoms with Crippen molar-refractivity contribution in [3.05, 3.63) is 65.7 Å². The summed E-state index contributed by atoms with van der Waals surface area (Å²) >= 11 is 1.45. The molecule has 43 heavy (non-hydrogen) atoms. The quantitative estimate of drug-likeness (QED) is 0.0627. The van der Waals surface area contributed by atoms with Crippen LogP contribution in [0.5, 0.6) is 5.75 Å². The highest BCUT2D eigenvalue weighted by Crippen LogP contribution is 2.12. The van der Waals surface area contributed by atoms with Gasteiger partial charge < -0.3 is 43.4 Å². The minimum atomic E-state index is -1.18. The Morgan fingerprint density at radius 3 is 2.00 bits per heavy atom. The molecule has 4 unspecified atom stereocenters. The molecular formula is C29H41N7O6S. The first-order chi connectivity index (χ1) is 20.5. The Kier molecular flexibility index (Phi) is 14.8. The van der Waals surface area contributed by atoms with Gasteiger partial charge in [-0.05, 0) is 61.0 Å². The number of phenols is 1. The molecule has 2 aromatic rings. The lowest BCUT2D eigenvalue weighted by molar-refractivity contribution is -0.142. The van der Waals surface area contributed by atoms with Gasteiger partial charge in [0.15, 0.2) is 5.96 Å². The SMILES string of the molecule is CSCCC(NC(=O)C(Cc1ccccc1)NC(=O)C(CCCN=C(N)N)NC(=O)C(N)Cc1ccc(O)cc1)C(=O)O. The topological polar surface area (TPSA) is 235 Å². The number of nitrogens with two attached hydrogens (primary N) is 3.